The van der Waals surface area contributed by atoms with Crippen molar-refractivity contribution < 1.29 is 33.3 Å². The summed E-state index contributed by atoms with van der Waals surface area (Å²) in [6.45, 7) is 1.20. The molecule has 1 amide bonds. The molecule has 1 atom stereocenters. The van der Waals surface area contributed by atoms with Gasteiger partial charge in [-0.15, -0.1) is 0 Å². The highest BCUT2D eigenvalue weighted by molar-refractivity contribution is 7.80. The number of carbonyl (C=O) groups is 3. The molecule has 0 aliphatic carbocycles. The molecule has 0 bridgehead atoms. The third kappa shape index (κ3) is 10.2. The van der Waals surface area contributed by atoms with Gasteiger partial charge in [-0.25, -0.2) is 4.79 Å². The smallest absolute Gasteiger partial charge is 0.337 e. The maximum atomic E-state index is 12.9. The first-order chi connectivity index (χ1) is 19.9. The molecule has 0 heterocycles. The SMILES string of the molecule is COC(=O)c1ccc(NC(=O)CCc2cccc(OCCCCOc3ccccc3)c2)c(C(CCS)C(=O)OC)c1. The van der Waals surface area contributed by atoms with Crippen LogP contribution in [0.2, 0.25) is 0 Å². The molecule has 3 aromatic rings. The summed E-state index contributed by atoms with van der Waals surface area (Å²) >= 11 is 4.26. The van der Waals surface area contributed by atoms with Gasteiger partial charge < -0.3 is 24.3 Å². The lowest BCUT2D eigenvalue weighted by atomic mass is 9.93. The van der Waals surface area contributed by atoms with Crippen LogP contribution in [-0.2, 0) is 25.5 Å². The van der Waals surface area contributed by atoms with Gasteiger partial charge in [0.15, 0.2) is 0 Å². The van der Waals surface area contributed by atoms with Crippen LogP contribution >= 0.6 is 12.6 Å². The van der Waals surface area contributed by atoms with Crippen LogP contribution in [0.25, 0.3) is 0 Å². The molecule has 0 saturated carbocycles. The number of aryl methyl sites for hydroxylation is 1. The summed E-state index contributed by atoms with van der Waals surface area (Å²) in [5, 5.41) is 2.90. The molecule has 218 valence electrons. The zero-order valence-electron chi connectivity index (χ0n) is 23.5. The van der Waals surface area contributed by atoms with Gasteiger partial charge >= 0.3 is 11.9 Å². The molecule has 3 aromatic carbocycles. The molecule has 8 nitrogen and oxygen atoms in total. The summed E-state index contributed by atoms with van der Waals surface area (Å²) in [5.74, 6) is 0.0849. The van der Waals surface area contributed by atoms with E-state index >= 15 is 0 Å². The predicted octanol–water partition coefficient (Wildman–Crippen LogP) is 5.86. The highest BCUT2D eigenvalue weighted by Gasteiger charge is 2.25. The standard InChI is InChI=1S/C32H37NO7S/c1-37-31(35)24-14-15-29(28(22-24)27(17-20-41)32(36)38-2)33-30(34)16-13-23-9-8-12-26(21-23)40-19-7-6-18-39-25-10-4-3-5-11-25/h3-5,8-12,14-15,21-22,27,41H,6-7,13,16-20H2,1-2H3,(H,33,34). The first-order valence-corrected chi connectivity index (χ1v) is 14.2. The lowest BCUT2D eigenvalue weighted by molar-refractivity contribution is -0.142. The minimum absolute atomic E-state index is 0.216. The molecule has 0 saturated heterocycles. The Morgan fingerprint density at radius 2 is 1.54 bits per heavy atom. The van der Waals surface area contributed by atoms with Crippen molar-refractivity contribution in [2.75, 3.05) is 38.5 Å². The van der Waals surface area contributed by atoms with Crippen molar-refractivity contribution in [3.05, 3.63) is 89.5 Å². The van der Waals surface area contributed by atoms with E-state index in [9.17, 15) is 14.4 Å². The van der Waals surface area contributed by atoms with Crippen LogP contribution < -0.4 is 14.8 Å². The lowest BCUT2D eigenvalue weighted by Gasteiger charge is -2.19. The summed E-state index contributed by atoms with van der Waals surface area (Å²) in [4.78, 5) is 37.5. The maximum absolute atomic E-state index is 12.9. The summed E-state index contributed by atoms with van der Waals surface area (Å²) < 4.78 is 21.4. The maximum Gasteiger partial charge on any atom is 0.337 e. The van der Waals surface area contributed by atoms with Crippen molar-refractivity contribution in [2.45, 2.75) is 38.0 Å². The average Bonchev–Trinajstić information content (AvgIpc) is 3.00. The number of hydrogen-bond donors (Lipinski definition) is 2. The van der Waals surface area contributed by atoms with E-state index in [-0.39, 0.29) is 17.9 Å². The third-order valence-electron chi connectivity index (χ3n) is 6.38. The molecule has 1 N–H and O–H groups in total. The number of para-hydroxylation sites is 1. The van der Waals surface area contributed by atoms with Crippen molar-refractivity contribution in [1.29, 1.82) is 0 Å². The van der Waals surface area contributed by atoms with Crippen LogP contribution in [0.15, 0.2) is 72.8 Å². The predicted molar refractivity (Wildman–Crippen MR) is 161 cm³/mol. The van der Waals surface area contributed by atoms with E-state index in [2.05, 4.69) is 17.9 Å². The number of ether oxygens (including phenoxy) is 4. The van der Waals surface area contributed by atoms with Crippen LogP contribution in [-0.4, -0.2) is 51.0 Å². The second-order valence-corrected chi connectivity index (χ2v) is 9.74. The van der Waals surface area contributed by atoms with Crippen LogP contribution in [0.4, 0.5) is 5.69 Å². The number of unbranched alkanes of at least 4 members (excludes halogenated alkanes) is 1. The van der Waals surface area contributed by atoms with Gasteiger partial charge in [0.1, 0.15) is 11.5 Å². The van der Waals surface area contributed by atoms with E-state index in [1.54, 1.807) is 18.2 Å². The number of benzene rings is 3. The average molecular weight is 580 g/mol. The topological polar surface area (TPSA) is 100 Å². The van der Waals surface area contributed by atoms with E-state index in [4.69, 9.17) is 18.9 Å². The molecule has 0 aliphatic rings. The fourth-order valence-electron chi connectivity index (χ4n) is 4.24. The van der Waals surface area contributed by atoms with Crippen LogP contribution in [0.1, 0.15) is 53.1 Å². The van der Waals surface area contributed by atoms with Crippen molar-refractivity contribution in [3.8, 4) is 11.5 Å². The monoisotopic (exact) mass is 579 g/mol. The highest BCUT2D eigenvalue weighted by atomic mass is 32.1. The molecule has 0 fully saturated rings. The zero-order valence-corrected chi connectivity index (χ0v) is 24.4. The van der Waals surface area contributed by atoms with Crippen molar-refractivity contribution in [2.24, 2.45) is 0 Å². The Bertz CT molecular complexity index is 1280. The molecule has 3 rings (SSSR count). The Kier molecular flexibility index (Phi) is 13.1. The molecule has 0 aromatic heterocycles. The summed E-state index contributed by atoms with van der Waals surface area (Å²) in [7, 11) is 2.58. The lowest BCUT2D eigenvalue weighted by Crippen LogP contribution is -2.20. The largest absolute Gasteiger partial charge is 0.494 e. The minimum atomic E-state index is -0.698. The van der Waals surface area contributed by atoms with Crippen LogP contribution in [0.5, 0.6) is 11.5 Å². The van der Waals surface area contributed by atoms with E-state index < -0.39 is 17.9 Å². The molecule has 41 heavy (non-hydrogen) atoms. The third-order valence-corrected chi connectivity index (χ3v) is 6.64. The fourth-order valence-corrected chi connectivity index (χ4v) is 4.50. The van der Waals surface area contributed by atoms with E-state index in [1.807, 2.05) is 54.6 Å². The van der Waals surface area contributed by atoms with Crippen molar-refractivity contribution in [1.82, 2.24) is 0 Å². The molecule has 9 heteroatoms. The van der Waals surface area contributed by atoms with Gasteiger partial charge in [0.05, 0.1) is 38.9 Å². The Morgan fingerprint density at radius 1 is 0.829 bits per heavy atom. The minimum Gasteiger partial charge on any atom is -0.494 e. The van der Waals surface area contributed by atoms with Crippen LogP contribution in [0.3, 0.4) is 0 Å². The Hall–Kier alpha value is -3.98. The second-order valence-electron chi connectivity index (χ2n) is 9.29. The van der Waals surface area contributed by atoms with Crippen molar-refractivity contribution >= 4 is 36.2 Å². The molecule has 0 aliphatic heterocycles. The second kappa shape index (κ2) is 17.0. The zero-order chi connectivity index (χ0) is 29.5. The van der Waals surface area contributed by atoms with Crippen LogP contribution in [0, 0.1) is 0 Å². The Balaban J connectivity index is 1.54. The van der Waals surface area contributed by atoms with Crippen molar-refractivity contribution in [3.63, 3.8) is 0 Å². The summed E-state index contributed by atoms with van der Waals surface area (Å²) in [6, 6.07) is 22.1. The van der Waals surface area contributed by atoms with Gasteiger partial charge in [0, 0.05) is 12.1 Å². The number of carbonyl (C=O) groups excluding carboxylic acids is 3. The molecule has 0 radical (unpaired) electrons. The van der Waals surface area contributed by atoms with E-state index in [0.29, 0.717) is 43.1 Å². The molecular formula is C32H37NO7S. The van der Waals surface area contributed by atoms with Gasteiger partial charge in [0.2, 0.25) is 5.91 Å². The van der Waals surface area contributed by atoms with Gasteiger partial charge in [-0.05, 0) is 85.0 Å². The number of anilines is 1. The number of rotatable bonds is 16. The first-order valence-electron chi connectivity index (χ1n) is 13.6. The highest BCUT2D eigenvalue weighted by Crippen LogP contribution is 2.31. The van der Waals surface area contributed by atoms with Gasteiger partial charge in [-0.1, -0.05) is 30.3 Å². The molecule has 0 spiro atoms. The quantitative estimate of drug-likeness (QED) is 0.125. The number of nitrogens with one attached hydrogen (secondary N) is 1. The number of thiol groups is 1. The Labute approximate surface area is 246 Å². The molecular weight excluding hydrogens is 542 g/mol. The van der Waals surface area contributed by atoms with Gasteiger partial charge in [-0.2, -0.15) is 12.6 Å². The summed E-state index contributed by atoms with van der Waals surface area (Å²) in [6.07, 6.45) is 2.82. The number of amides is 1. The Morgan fingerprint density at radius 3 is 2.22 bits per heavy atom. The van der Waals surface area contributed by atoms with E-state index in [0.717, 1.165) is 29.9 Å². The fraction of sp³-hybridized carbons (Fsp3) is 0.344. The number of esters is 2. The first kappa shape index (κ1) is 31.5. The van der Waals surface area contributed by atoms with Gasteiger partial charge in [0.25, 0.3) is 0 Å². The van der Waals surface area contributed by atoms with Gasteiger partial charge in [-0.3, -0.25) is 9.59 Å². The number of hydrogen-bond acceptors (Lipinski definition) is 8. The summed E-state index contributed by atoms with van der Waals surface area (Å²) in [5.41, 5.74) is 2.16. The molecule has 1 unspecified atom stereocenters. The van der Waals surface area contributed by atoms with E-state index in [1.165, 1.54) is 14.2 Å². The number of methoxy groups -OCH3 is 2. The normalized spacial score (nSPS) is 11.3.